The summed E-state index contributed by atoms with van der Waals surface area (Å²) in [6.07, 6.45) is 9.17. The fraction of sp³-hybridized carbons (Fsp3) is 0.400. The van der Waals surface area contributed by atoms with E-state index in [1.54, 1.807) is 10.7 Å². The molecule has 2 aliphatic rings. The molecular formula is C20H23FN6O2. The Morgan fingerprint density at radius 2 is 2.00 bits per heavy atom. The maximum Gasteiger partial charge on any atom is 0.256 e. The van der Waals surface area contributed by atoms with Gasteiger partial charge in [-0.2, -0.15) is 5.10 Å². The fourth-order valence-corrected chi connectivity index (χ4v) is 3.12. The summed E-state index contributed by atoms with van der Waals surface area (Å²) in [5.41, 5.74) is 1.21. The quantitative estimate of drug-likeness (QED) is 0.727. The third-order valence-corrected chi connectivity index (χ3v) is 4.85. The molecule has 0 unspecified atom stereocenters. The molecule has 8 nitrogen and oxygen atoms in total. The van der Waals surface area contributed by atoms with Crippen molar-refractivity contribution in [3.8, 4) is 5.88 Å². The highest BCUT2D eigenvalue weighted by Gasteiger charge is 2.26. The van der Waals surface area contributed by atoms with Crippen LogP contribution < -0.4 is 15.0 Å². The van der Waals surface area contributed by atoms with Crippen molar-refractivity contribution >= 4 is 17.4 Å². The molecule has 1 aliphatic carbocycles. The first-order chi connectivity index (χ1) is 14.1. The van der Waals surface area contributed by atoms with Crippen molar-refractivity contribution in [1.29, 1.82) is 0 Å². The molecule has 9 heteroatoms. The molecule has 0 spiro atoms. The zero-order chi connectivity index (χ0) is 20.2. The molecular weight excluding hydrogens is 375 g/mol. The Kier molecular flexibility index (Phi) is 5.55. The Balaban J connectivity index is 0.000000192. The molecule has 1 saturated heterocycles. The van der Waals surface area contributed by atoms with Gasteiger partial charge in [-0.25, -0.2) is 18.9 Å². The normalized spacial score (nSPS) is 15.7. The number of nitrogens with zero attached hydrogens (tertiary/aromatic N) is 5. The van der Waals surface area contributed by atoms with Crippen molar-refractivity contribution in [3.05, 3.63) is 48.2 Å². The summed E-state index contributed by atoms with van der Waals surface area (Å²) in [5.74, 6) is 0.955. The number of carbonyl (C=O) groups excluding carboxylic acids is 1. The molecule has 1 saturated carbocycles. The summed E-state index contributed by atoms with van der Waals surface area (Å²) in [6, 6.07) is 5.08. The zero-order valence-electron chi connectivity index (χ0n) is 16.2. The Labute approximate surface area is 167 Å². The van der Waals surface area contributed by atoms with Gasteiger partial charge in [-0.3, -0.25) is 4.79 Å². The number of halogens is 1. The van der Waals surface area contributed by atoms with Gasteiger partial charge in [0.25, 0.3) is 5.91 Å². The second-order valence-corrected chi connectivity index (χ2v) is 7.07. The second kappa shape index (κ2) is 8.42. The molecule has 3 aromatic rings. The third-order valence-electron chi connectivity index (χ3n) is 4.85. The summed E-state index contributed by atoms with van der Waals surface area (Å²) >= 11 is 0. The molecule has 4 heterocycles. The number of anilines is 1. The van der Waals surface area contributed by atoms with E-state index >= 15 is 0 Å². The summed E-state index contributed by atoms with van der Waals surface area (Å²) in [7, 11) is 1.49. The van der Waals surface area contributed by atoms with Gasteiger partial charge in [-0.1, -0.05) is 0 Å². The van der Waals surface area contributed by atoms with Crippen molar-refractivity contribution in [2.45, 2.75) is 31.7 Å². The number of aromatic nitrogens is 4. The molecule has 0 atom stereocenters. The molecule has 1 N–H and O–H groups in total. The number of rotatable bonds is 4. The van der Waals surface area contributed by atoms with Gasteiger partial charge >= 0.3 is 0 Å². The van der Waals surface area contributed by atoms with Crippen LogP contribution in [0.15, 0.2) is 36.8 Å². The molecule has 1 amide bonds. The molecule has 3 aromatic heterocycles. The topological polar surface area (TPSA) is 84.6 Å². The summed E-state index contributed by atoms with van der Waals surface area (Å²) in [5, 5.41) is 7.20. The maximum absolute atomic E-state index is 12.2. The number of amides is 1. The molecule has 29 heavy (non-hydrogen) atoms. The van der Waals surface area contributed by atoms with Crippen LogP contribution in [0.3, 0.4) is 0 Å². The van der Waals surface area contributed by atoms with Gasteiger partial charge in [0.15, 0.2) is 5.65 Å². The van der Waals surface area contributed by atoms with E-state index in [1.807, 2.05) is 12.3 Å². The number of hydrogen-bond donors (Lipinski definition) is 1. The van der Waals surface area contributed by atoms with E-state index in [0.29, 0.717) is 23.1 Å². The van der Waals surface area contributed by atoms with Gasteiger partial charge < -0.3 is 15.0 Å². The second-order valence-electron chi connectivity index (χ2n) is 7.07. The Morgan fingerprint density at radius 1 is 1.21 bits per heavy atom. The van der Waals surface area contributed by atoms with Crippen LogP contribution in [0, 0.1) is 5.82 Å². The van der Waals surface area contributed by atoms with E-state index in [0.717, 1.165) is 37.9 Å². The lowest BCUT2D eigenvalue weighted by Crippen LogP contribution is -2.25. The van der Waals surface area contributed by atoms with Crippen molar-refractivity contribution in [1.82, 2.24) is 24.9 Å². The van der Waals surface area contributed by atoms with Gasteiger partial charge in [0.2, 0.25) is 5.88 Å². The fourth-order valence-electron chi connectivity index (χ4n) is 3.12. The van der Waals surface area contributed by atoms with Crippen molar-refractivity contribution in [2.24, 2.45) is 0 Å². The zero-order valence-corrected chi connectivity index (χ0v) is 16.2. The van der Waals surface area contributed by atoms with Crippen LogP contribution in [-0.4, -0.2) is 51.7 Å². The van der Waals surface area contributed by atoms with Gasteiger partial charge in [-0.15, -0.1) is 0 Å². The van der Waals surface area contributed by atoms with Gasteiger partial charge in [0.1, 0.15) is 17.2 Å². The lowest BCUT2D eigenvalue weighted by atomic mass is 10.3. The monoisotopic (exact) mass is 398 g/mol. The first kappa shape index (κ1) is 19.1. The summed E-state index contributed by atoms with van der Waals surface area (Å²) in [4.78, 5) is 22.7. The van der Waals surface area contributed by atoms with E-state index < -0.39 is 0 Å². The first-order valence-electron chi connectivity index (χ1n) is 9.70. The molecule has 2 fully saturated rings. The lowest BCUT2D eigenvalue weighted by Gasteiger charge is -2.16. The van der Waals surface area contributed by atoms with Crippen LogP contribution in [0.1, 0.15) is 36.0 Å². The first-order valence-corrected chi connectivity index (χ1v) is 9.70. The molecule has 0 bridgehead atoms. The maximum atomic E-state index is 12.2. The van der Waals surface area contributed by atoms with E-state index in [1.165, 1.54) is 32.1 Å². The highest BCUT2D eigenvalue weighted by Crippen LogP contribution is 2.22. The number of hydrogen-bond acceptors (Lipinski definition) is 6. The number of nitrogens with one attached hydrogen (secondary N) is 1. The largest absolute Gasteiger partial charge is 0.481 e. The predicted molar refractivity (Wildman–Crippen MR) is 106 cm³/mol. The van der Waals surface area contributed by atoms with E-state index in [-0.39, 0.29) is 11.7 Å². The number of pyridine rings is 1. The number of fused-ring (bicyclic) bond motifs is 1. The molecule has 0 radical (unpaired) electrons. The Morgan fingerprint density at radius 3 is 2.66 bits per heavy atom. The van der Waals surface area contributed by atoms with Crippen molar-refractivity contribution in [3.63, 3.8) is 0 Å². The van der Waals surface area contributed by atoms with Crippen molar-refractivity contribution < 1.29 is 13.9 Å². The average molecular weight is 398 g/mol. The molecule has 5 rings (SSSR count). The molecule has 0 aromatic carbocycles. The summed E-state index contributed by atoms with van der Waals surface area (Å²) < 4.78 is 18.5. The standard InChI is InChI=1S/C14H17N5O.C6H6FNO/c20-14(16-10-3-4-10)11-9-15-19-8-5-12(17-13(11)19)18-6-1-2-7-18;1-9-6-3-2-5(7)4-8-6/h5,8-10H,1-4,6-7H2,(H,16,20);2-4H,1H3. The van der Waals surface area contributed by atoms with Gasteiger partial charge in [0.05, 0.1) is 19.5 Å². The Bertz CT molecular complexity index is 980. The smallest absolute Gasteiger partial charge is 0.256 e. The van der Waals surface area contributed by atoms with Gasteiger partial charge in [0, 0.05) is 31.4 Å². The van der Waals surface area contributed by atoms with Crippen LogP contribution in [0.2, 0.25) is 0 Å². The average Bonchev–Trinajstić information content (AvgIpc) is 3.22. The minimum absolute atomic E-state index is 0.0615. The van der Waals surface area contributed by atoms with E-state index in [9.17, 15) is 9.18 Å². The highest BCUT2D eigenvalue weighted by atomic mass is 19.1. The SMILES string of the molecule is COc1ccc(F)cn1.O=C(NC1CC1)c1cnn2ccc(N3CCCC3)nc12. The van der Waals surface area contributed by atoms with Crippen molar-refractivity contribution in [2.75, 3.05) is 25.1 Å². The lowest BCUT2D eigenvalue weighted by molar-refractivity contribution is 0.0952. The minimum Gasteiger partial charge on any atom is -0.481 e. The van der Waals surface area contributed by atoms with Crippen LogP contribution in [-0.2, 0) is 0 Å². The number of methoxy groups -OCH3 is 1. The van der Waals surface area contributed by atoms with Crippen LogP contribution in [0.25, 0.3) is 5.65 Å². The number of ether oxygens (including phenoxy) is 1. The van der Waals surface area contributed by atoms with Crippen LogP contribution >= 0.6 is 0 Å². The van der Waals surface area contributed by atoms with Crippen LogP contribution in [0.5, 0.6) is 5.88 Å². The highest BCUT2D eigenvalue weighted by molar-refractivity contribution is 6.00. The predicted octanol–water partition coefficient (Wildman–Crippen LogP) is 2.45. The van der Waals surface area contributed by atoms with E-state index in [4.69, 9.17) is 4.74 Å². The minimum atomic E-state index is -0.351. The Hall–Kier alpha value is -3.23. The van der Waals surface area contributed by atoms with Gasteiger partial charge in [-0.05, 0) is 37.8 Å². The molecule has 1 aliphatic heterocycles. The molecule has 152 valence electrons. The summed E-state index contributed by atoms with van der Waals surface area (Å²) in [6.45, 7) is 2.09. The van der Waals surface area contributed by atoms with E-state index in [2.05, 4.69) is 25.3 Å². The third kappa shape index (κ3) is 4.61. The number of carbonyl (C=O) groups is 1. The van der Waals surface area contributed by atoms with Crippen LogP contribution in [0.4, 0.5) is 10.2 Å².